The molecule has 6 heteroatoms. The molecule has 158 valence electrons. The molecule has 2 aliphatic rings. The lowest BCUT2D eigenvalue weighted by Crippen LogP contribution is -2.18. The summed E-state index contributed by atoms with van der Waals surface area (Å²) in [5.74, 6) is -1.02. The Hall–Kier alpha value is -3.12. The van der Waals surface area contributed by atoms with Crippen LogP contribution in [-0.2, 0) is 17.6 Å². The fraction of sp³-hybridized carbons (Fsp3) is 0.280. The number of anilines is 1. The number of thiophene rings is 1. The predicted octanol–water partition coefficient (Wildman–Crippen LogP) is 6.08. The van der Waals surface area contributed by atoms with Gasteiger partial charge in [-0.15, -0.1) is 11.3 Å². The van der Waals surface area contributed by atoms with Crippen molar-refractivity contribution in [2.45, 2.75) is 38.0 Å². The highest BCUT2D eigenvalue weighted by Gasteiger charge is 2.30. The molecule has 0 atom stereocenters. The van der Waals surface area contributed by atoms with Gasteiger partial charge in [-0.3, -0.25) is 5.32 Å². The Balaban J connectivity index is 1.34. The minimum Gasteiger partial charge on any atom is -0.478 e. The van der Waals surface area contributed by atoms with Gasteiger partial charge in [0, 0.05) is 10.8 Å². The summed E-state index contributed by atoms with van der Waals surface area (Å²) in [7, 11) is 0. The smallest absolute Gasteiger partial charge is 0.412 e. The van der Waals surface area contributed by atoms with Gasteiger partial charge in [-0.1, -0.05) is 55.0 Å². The van der Waals surface area contributed by atoms with Crippen molar-refractivity contribution in [3.8, 4) is 11.1 Å². The highest BCUT2D eigenvalue weighted by molar-refractivity contribution is 7.17. The highest BCUT2D eigenvalue weighted by atomic mass is 32.1. The van der Waals surface area contributed by atoms with Crippen molar-refractivity contribution >= 4 is 28.4 Å². The number of ether oxygens (including phenoxy) is 1. The van der Waals surface area contributed by atoms with Crippen LogP contribution in [0.25, 0.3) is 11.1 Å². The number of amides is 1. The summed E-state index contributed by atoms with van der Waals surface area (Å²) in [5, 5.41) is 12.9. The number of nitrogens with one attached hydrogen (secondary N) is 1. The maximum Gasteiger partial charge on any atom is 0.412 e. The molecule has 0 aliphatic heterocycles. The number of benzene rings is 2. The molecule has 3 aromatic rings. The topological polar surface area (TPSA) is 75.6 Å². The first kappa shape index (κ1) is 19.8. The van der Waals surface area contributed by atoms with Gasteiger partial charge in [0.1, 0.15) is 11.6 Å². The second-order valence-corrected chi connectivity index (χ2v) is 9.13. The Morgan fingerprint density at radius 2 is 1.61 bits per heavy atom. The standard InChI is InChI=1S/C25H23NO4S/c27-24(28)22-19-12-2-1-3-13-21(19)31-23(22)26-25(29)30-14-20-17-10-6-4-8-15(17)16-9-5-7-11-18(16)20/h4-11,20H,1-3,12-14H2,(H,26,29)(H,27,28). The molecule has 0 radical (unpaired) electrons. The van der Waals surface area contributed by atoms with Gasteiger partial charge in [-0.2, -0.15) is 0 Å². The number of hydrogen-bond donors (Lipinski definition) is 2. The first-order valence-electron chi connectivity index (χ1n) is 10.6. The molecule has 1 amide bonds. The number of carbonyl (C=O) groups excluding carboxylic acids is 1. The van der Waals surface area contributed by atoms with E-state index in [2.05, 4.69) is 29.6 Å². The molecule has 2 aromatic carbocycles. The Labute approximate surface area is 184 Å². The number of aromatic carboxylic acids is 1. The van der Waals surface area contributed by atoms with E-state index in [4.69, 9.17) is 4.74 Å². The van der Waals surface area contributed by atoms with Gasteiger partial charge in [-0.05, 0) is 53.5 Å². The van der Waals surface area contributed by atoms with Crippen molar-refractivity contribution in [1.29, 1.82) is 0 Å². The number of fused-ring (bicyclic) bond motifs is 4. The molecule has 0 spiro atoms. The van der Waals surface area contributed by atoms with E-state index in [-0.39, 0.29) is 18.1 Å². The second-order valence-electron chi connectivity index (χ2n) is 8.02. The Kier molecular flexibility index (Phi) is 5.24. The zero-order valence-electron chi connectivity index (χ0n) is 17.0. The summed E-state index contributed by atoms with van der Waals surface area (Å²) in [6, 6.07) is 16.3. The van der Waals surface area contributed by atoms with E-state index in [1.54, 1.807) is 0 Å². The van der Waals surface area contributed by atoms with Gasteiger partial charge in [0.2, 0.25) is 0 Å². The van der Waals surface area contributed by atoms with Crippen molar-refractivity contribution in [2.75, 3.05) is 11.9 Å². The molecule has 1 heterocycles. The Morgan fingerprint density at radius 3 is 2.29 bits per heavy atom. The van der Waals surface area contributed by atoms with Crippen LogP contribution in [0.4, 0.5) is 9.80 Å². The first-order chi connectivity index (χ1) is 15.1. The average Bonchev–Trinajstić information content (AvgIpc) is 3.18. The third kappa shape index (κ3) is 3.61. The van der Waals surface area contributed by atoms with Gasteiger partial charge < -0.3 is 9.84 Å². The van der Waals surface area contributed by atoms with Gasteiger partial charge in [0.25, 0.3) is 0 Å². The predicted molar refractivity (Wildman–Crippen MR) is 121 cm³/mol. The number of rotatable bonds is 4. The molecule has 31 heavy (non-hydrogen) atoms. The lowest BCUT2D eigenvalue weighted by Gasteiger charge is -2.14. The van der Waals surface area contributed by atoms with Crippen LogP contribution in [0.15, 0.2) is 48.5 Å². The van der Waals surface area contributed by atoms with E-state index in [1.807, 2.05) is 24.3 Å². The monoisotopic (exact) mass is 433 g/mol. The van der Waals surface area contributed by atoms with Gasteiger partial charge in [-0.25, -0.2) is 9.59 Å². The van der Waals surface area contributed by atoms with E-state index in [0.29, 0.717) is 5.00 Å². The normalized spacial score (nSPS) is 14.8. The fourth-order valence-corrected chi connectivity index (χ4v) is 6.05. The van der Waals surface area contributed by atoms with Crippen LogP contribution in [0.2, 0.25) is 0 Å². The van der Waals surface area contributed by atoms with Crippen LogP contribution in [-0.4, -0.2) is 23.8 Å². The molecule has 0 fully saturated rings. The molecule has 5 rings (SSSR count). The first-order valence-corrected chi connectivity index (χ1v) is 11.4. The minimum absolute atomic E-state index is 0.0304. The zero-order chi connectivity index (χ0) is 21.4. The minimum atomic E-state index is -0.992. The number of aryl methyl sites for hydroxylation is 1. The van der Waals surface area contributed by atoms with E-state index in [0.717, 1.165) is 53.7 Å². The summed E-state index contributed by atoms with van der Waals surface area (Å²) in [6.07, 6.45) is 4.15. The molecule has 0 bridgehead atoms. The fourth-order valence-electron chi connectivity index (χ4n) is 4.78. The van der Waals surface area contributed by atoms with Gasteiger partial charge in [0.15, 0.2) is 0 Å². The Morgan fingerprint density at radius 1 is 0.968 bits per heavy atom. The molecule has 1 aromatic heterocycles. The SMILES string of the molecule is O=C(Nc1sc2c(c1C(=O)O)CCCCC2)OCC1c2ccccc2-c2ccccc21. The molecule has 0 saturated carbocycles. The quantitative estimate of drug-likeness (QED) is 0.489. The van der Waals surface area contributed by atoms with Crippen LogP contribution in [0, 0.1) is 0 Å². The number of hydrogen-bond acceptors (Lipinski definition) is 4. The molecular weight excluding hydrogens is 410 g/mol. The number of carboxylic acid groups (broad SMARTS) is 1. The van der Waals surface area contributed by atoms with Gasteiger partial charge >= 0.3 is 12.1 Å². The molecule has 2 N–H and O–H groups in total. The summed E-state index contributed by atoms with van der Waals surface area (Å²) in [6.45, 7) is 0.202. The second kappa shape index (κ2) is 8.19. The van der Waals surface area contributed by atoms with Crippen LogP contribution in [0.3, 0.4) is 0 Å². The zero-order valence-corrected chi connectivity index (χ0v) is 17.8. The average molecular weight is 434 g/mol. The van der Waals surface area contributed by atoms with Crippen molar-refractivity contribution in [1.82, 2.24) is 0 Å². The largest absolute Gasteiger partial charge is 0.478 e. The molecule has 2 aliphatic carbocycles. The molecule has 0 saturated heterocycles. The summed E-state index contributed by atoms with van der Waals surface area (Å²) >= 11 is 1.37. The van der Waals surface area contributed by atoms with Crippen molar-refractivity contribution in [2.24, 2.45) is 0 Å². The van der Waals surface area contributed by atoms with E-state index >= 15 is 0 Å². The lowest BCUT2D eigenvalue weighted by atomic mass is 9.98. The maximum atomic E-state index is 12.6. The molecule has 0 unspecified atom stereocenters. The maximum absolute atomic E-state index is 12.6. The third-order valence-electron chi connectivity index (χ3n) is 6.19. The highest BCUT2D eigenvalue weighted by Crippen LogP contribution is 2.44. The Bertz CT molecular complexity index is 1120. The van der Waals surface area contributed by atoms with Crippen LogP contribution in [0.5, 0.6) is 0 Å². The van der Waals surface area contributed by atoms with Crippen molar-refractivity contribution < 1.29 is 19.4 Å². The van der Waals surface area contributed by atoms with Crippen LogP contribution < -0.4 is 5.32 Å². The van der Waals surface area contributed by atoms with E-state index < -0.39 is 12.1 Å². The van der Waals surface area contributed by atoms with Crippen LogP contribution in [0.1, 0.15) is 57.1 Å². The summed E-state index contributed by atoms with van der Waals surface area (Å²) < 4.78 is 5.60. The molecular formula is C25H23NO4S. The molecule has 5 nitrogen and oxygen atoms in total. The lowest BCUT2D eigenvalue weighted by molar-refractivity contribution is 0.0697. The van der Waals surface area contributed by atoms with Gasteiger partial charge in [0.05, 0.1) is 5.56 Å². The van der Waals surface area contributed by atoms with E-state index in [9.17, 15) is 14.7 Å². The number of carbonyl (C=O) groups is 2. The van der Waals surface area contributed by atoms with Crippen LogP contribution >= 0.6 is 11.3 Å². The van der Waals surface area contributed by atoms with Crippen molar-refractivity contribution in [3.63, 3.8) is 0 Å². The summed E-state index contributed by atoms with van der Waals surface area (Å²) in [5.41, 5.74) is 5.74. The van der Waals surface area contributed by atoms with Crippen molar-refractivity contribution in [3.05, 3.63) is 75.7 Å². The third-order valence-corrected chi connectivity index (χ3v) is 7.40. The van der Waals surface area contributed by atoms with E-state index in [1.165, 1.54) is 22.5 Å². The summed E-state index contributed by atoms with van der Waals surface area (Å²) in [4.78, 5) is 25.6. The number of carboxylic acids is 1.